The highest BCUT2D eigenvalue weighted by atomic mass is 35.5. The Kier molecular flexibility index (Phi) is 7.01. The van der Waals surface area contributed by atoms with Gasteiger partial charge in [-0.05, 0) is 49.2 Å². The van der Waals surface area contributed by atoms with Crippen LogP contribution < -0.4 is 14.8 Å². The molecule has 2 aliphatic rings. The standard InChI is InChI=1S/C23H26ClN3O4S/c1-30-20-5-3-2-4-19(20)25-22(29)26-12-10-23(11-13-26)27(14-15-32-23)21(28)16-31-18-8-6-17(24)7-9-18/h2-9H,10-16H2,1H3,(H,25,29). The van der Waals surface area contributed by atoms with Crippen molar-refractivity contribution in [3.8, 4) is 11.5 Å². The first-order chi connectivity index (χ1) is 15.5. The van der Waals surface area contributed by atoms with Gasteiger partial charge in [-0.15, -0.1) is 11.8 Å². The van der Waals surface area contributed by atoms with E-state index in [0.717, 1.165) is 18.6 Å². The summed E-state index contributed by atoms with van der Waals surface area (Å²) in [6, 6.07) is 14.2. The van der Waals surface area contributed by atoms with E-state index < -0.39 is 0 Å². The van der Waals surface area contributed by atoms with Gasteiger partial charge in [0.1, 0.15) is 11.5 Å². The first kappa shape index (κ1) is 22.6. The van der Waals surface area contributed by atoms with Crippen LogP contribution in [0.3, 0.4) is 0 Å². The lowest BCUT2D eigenvalue weighted by molar-refractivity contribution is -0.136. The monoisotopic (exact) mass is 475 g/mol. The summed E-state index contributed by atoms with van der Waals surface area (Å²) in [5, 5.41) is 3.56. The summed E-state index contributed by atoms with van der Waals surface area (Å²) in [5.74, 6) is 2.10. The van der Waals surface area contributed by atoms with Gasteiger partial charge in [0, 0.05) is 30.4 Å². The second-order valence-corrected chi connectivity index (χ2v) is 9.59. The molecule has 7 nitrogen and oxygen atoms in total. The normalized spacial score (nSPS) is 17.3. The van der Waals surface area contributed by atoms with Crippen molar-refractivity contribution >= 4 is 41.0 Å². The Morgan fingerprint density at radius 3 is 2.53 bits per heavy atom. The first-order valence-electron chi connectivity index (χ1n) is 10.5. The van der Waals surface area contributed by atoms with Crippen molar-refractivity contribution in [2.45, 2.75) is 17.7 Å². The zero-order chi connectivity index (χ0) is 22.6. The van der Waals surface area contributed by atoms with Crippen LogP contribution in [0.2, 0.25) is 5.02 Å². The molecule has 2 saturated heterocycles. The van der Waals surface area contributed by atoms with E-state index in [-0.39, 0.29) is 23.4 Å². The number of amides is 3. The Bertz CT molecular complexity index is 964. The third-order valence-corrected chi connectivity index (χ3v) is 7.64. The zero-order valence-corrected chi connectivity index (χ0v) is 19.5. The molecule has 0 saturated carbocycles. The molecule has 32 heavy (non-hydrogen) atoms. The molecule has 0 aromatic heterocycles. The molecule has 170 valence electrons. The number of urea groups is 1. The topological polar surface area (TPSA) is 71.1 Å². The lowest BCUT2D eigenvalue weighted by atomic mass is 10.0. The number of hydrogen-bond acceptors (Lipinski definition) is 5. The molecule has 1 N–H and O–H groups in total. The Labute approximate surface area is 197 Å². The van der Waals surface area contributed by atoms with Gasteiger partial charge in [-0.1, -0.05) is 23.7 Å². The lowest BCUT2D eigenvalue weighted by Crippen LogP contribution is -2.55. The predicted molar refractivity (Wildman–Crippen MR) is 127 cm³/mol. The Hall–Kier alpha value is -2.58. The van der Waals surface area contributed by atoms with Crippen molar-refractivity contribution in [1.82, 2.24) is 9.80 Å². The van der Waals surface area contributed by atoms with Gasteiger partial charge in [-0.25, -0.2) is 4.79 Å². The number of para-hydroxylation sites is 2. The van der Waals surface area contributed by atoms with Crippen LogP contribution >= 0.6 is 23.4 Å². The number of methoxy groups -OCH3 is 1. The second-order valence-electron chi connectivity index (χ2n) is 7.70. The number of halogens is 1. The van der Waals surface area contributed by atoms with Crippen molar-refractivity contribution in [2.24, 2.45) is 0 Å². The van der Waals surface area contributed by atoms with Crippen LogP contribution in [-0.2, 0) is 4.79 Å². The Morgan fingerprint density at radius 1 is 1.09 bits per heavy atom. The summed E-state index contributed by atoms with van der Waals surface area (Å²) in [6.45, 7) is 1.84. The summed E-state index contributed by atoms with van der Waals surface area (Å²) in [6.07, 6.45) is 1.45. The van der Waals surface area contributed by atoms with Crippen molar-refractivity contribution in [3.05, 3.63) is 53.6 Å². The van der Waals surface area contributed by atoms with Gasteiger partial charge in [-0.2, -0.15) is 0 Å². The summed E-state index contributed by atoms with van der Waals surface area (Å²) < 4.78 is 11.0. The number of thioether (sulfide) groups is 1. The molecule has 4 rings (SSSR count). The van der Waals surface area contributed by atoms with Crippen LogP contribution in [0.1, 0.15) is 12.8 Å². The number of hydrogen-bond donors (Lipinski definition) is 1. The van der Waals surface area contributed by atoms with Gasteiger partial charge < -0.3 is 24.6 Å². The predicted octanol–water partition coefficient (Wildman–Crippen LogP) is 4.33. The maximum absolute atomic E-state index is 12.9. The average molecular weight is 476 g/mol. The van der Waals surface area contributed by atoms with E-state index in [0.29, 0.717) is 41.8 Å². The summed E-state index contributed by atoms with van der Waals surface area (Å²) in [5.41, 5.74) is 0.645. The molecule has 0 bridgehead atoms. The largest absolute Gasteiger partial charge is 0.495 e. The van der Waals surface area contributed by atoms with E-state index in [1.165, 1.54) is 0 Å². The highest BCUT2D eigenvalue weighted by Gasteiger charge is 2.47. The molecule has 3 amide bonds. The van der Waals surface area contributed by atoms with Crippen molar-refractivity contribution in [2.75, 3.05) is 44.4 Å². The number of carbonyl (C=O) groups excluding carboxylic acids is 2. The molecule has 2 aromatic rings. The highest BCUT2D eigenvalue weighted by molar-refractivity contribution is 8.00. The minimum absolute atomic E-state index is 0.0120. The van der Waals surface area contributed by atoms with Gasteiger partial charge in [0.25, 0.3) is 5.91 Å². The third kappa shape index (κ3) is 4.91. The molecule has 0 aliphatic carbocycles. The lowest BCUT2D eigenvalue weighted by Gasteiger charge is -2.44. The minimum Gasteiger partial charge on any atom is -0.495 e. The number of nitrogens with one attached hydrogen (secondary N) is 1. The zero-order valence-electron chi connectivity index (χ0n) is 17.9. The average Bonchev–Trinajstić information content (AvgIpc) is 3.22. The van der Waals surface area contributed by atoms with E-state index in [4.69, 9.17) is 21.1 Å². The van der Waals surface area contributed by atoms with Crippen LogP contribution in [0, 0.1) is 0 Å². The summed E-state index contributed by atoms with van der Waals surface area (Å²) in [4.78, 5) is 29.2. The molecule has 1 spiro atoms. The number of rotatable bonds is 5. The molecule has 0 atom stereocenters. The van der Waals surface area contributed by atoms with Crippen LogP contribution in [0.25, 0.3) is 0 Å². The molecule has 0 unspecified atom stereocenters. The molecular weight excluding hydrogens is 450 g/mol. The van der Waals surface area contributed by atoms with Gasteiger partial charge in [0.05, 0.1) is 17.7 Å². The molecule has 2 aliphatic heterocycles. The fourth-order valence-corrected chi connectivity index (χ4v) is 5.73. The molecule has 2 fully saturated rings. The SMILES string of the molecule is COc1ccccc1NC(=O)N1CCC2(CC1)SCCN2C(=O)COc1ccc(Cl)cc1. The number of carbonyl (C=O) groups is 2. The van der Waals surface area contributed by atoms with E-state index in [1.807, 2.05) is 29.2 Å². The van der Waals surface area contributed by atoms with E-state index in [2.05, 4.69) is 5.32 Å². The van der Waals surface area contributed by atoms with Crippen molar-refractivity contribution in [3.63, 3.8) is 0 Å². The Balaban J connectivity index is 1.33. The number of anilines is 1. The van der Waals surface area contributed by atoms with Crippen molar-refractivity contribution in [1.29, 1.82) is 0 Å². The fourth-order valence-electron chi connectivity index (χ4n) is 4.13. The number of benzene rings is 2. The number of piperidine rings is 1. The van der Waals surface area contributed by atoms with Crippen LogP contribution in [0.15, 0.2) is 48.5 Å². The van der Waals surface area contributed by atoms with Gasteiger partial charge in [-0.3, -0.25) is 4.79 Å². The molecular formula is C23H26ClN3O4S. The van der Waals surface area contributed by atoms with E-state index in [1.54, 1.807) is 48.0 Å². The highest BCUT2D eigenvalue weighted by Crippen LogP contribution is 2.44. The first-order valence-corrected chi connectivity index (χ1v) is 11.9. The second kappa shape index (κ2) is 9.92. The van der Waals surface area contributed by atoms with E-state index >= 15 is 0 Å². The van der Waals surface area contributed by atoms with Gasteiger partial charge in [0.15, 0.2) is 6.61 Å². The van der Waals surface area contributed by atoms with Gasteiger partial charge >= 0.3 is 6.03 Å². The molecule has 2 aromatic carbocycles. The van der Waals surface area contributed by atoms with Gasteiger partial charge in [0.2, 0.25) is 0 Å². The van der Waals surface area contributed by atoms with Crippen LogP contribution in [0.4, 0.5) is 10.5 Å². The van der Waals surface area contributed by atoms with E-state index in [9.17, 15) is 9.59 Å². The van der Waals surface area contributed by atoms with Crippen molar-refractivity contribution < 1.29 is 19.1 Å². The molecule has 9 heteroatoms. The summed E-state index contributed by atoms with van der Waals surface area (Å²) >= 11 is 7.70. The summed E-state index contributed by atoms with van der Waals surface area (Å²) in [7, 11) is 1.58. The quantitative estimate of drug-likeness (QED) is 0.697. The number of ether oxygens (including phenoxy) is 2. The maximum Gasteiger partial charge on any atom is 0.321 e. The smallest absolute Gasteiger partial charge is 0.321 e. The minimum atomic E-state index is -0.276. The third-order valence-electron chi connectivity index (χ3n) is 5.84. The maximum atomic E-state index is 12.9. The molecule has 0 radical (unpaired) electrons. The fraction of sp³-hybridized carbons (Fsp3) is 0.391. The molecule has 2 heterocycles. The Morgan fingerprint density at radius 2 is 1.81 bits per heavy atom. The van der Waals surface area contributed by atoms with Crippen LogP contribution in [0.5, 0.6) is 11.5 Å². The van der Waals surface area contributed by atoms with Crippen LogP contribution in [-0.4, -0.2) is 65.7 Å². The number of nitrogens with zero attached hydrogens (tertiary/aromatic N) is 2. The number of likely N-dealkylation sites (tertiary alicyclic amines) is 1.